The highest BCUT2D eigenvalue weighted by Gasteiger charge is 2.24. The van der Waals surface area contributed by atoms with Crippen LogP contribution in [0.15, 0.2) is 53.7 Å². The summed E-state index contributed by atoms with van der Waals surface area (Å²) in [5.74, 6) is -0.259. The van der Waals surface area contributed by atoms with E-state index in [1.807, 2.05) is 0 Å². The number of para-hydroxylation sites is 1. The van der Waals surface area contributed by atoms with Gasteiger partial charge >= 0.3 is 5.97 Å². The highest BCUT2D eigenvalue weighted by molar-refractivity contribution is 7.99. The number of amides is 2. The van der Waals surface area contributed by atoms with Crippen LogP contribution in [0.3, 0.4) is 0 Å². The molecule has 0 fully saturated rings. The first-order valence-electron chi connectivity index (χ1n) is 11.3. The van der Waals surface area contributed by atoms with Gasteiger partial charge in [0.25, 0.3) is 5.91 Å². The number of ether oxygens (including phenoxy) is 1. The number of thioether (sulfide) groups is 1. The second-order valence-electron chi connectivity index (χ2n) is 8.41. The van der Waals surface area contributed by atoms with Crippen molar-refractivity contribution in [1.82, 2.24) is 20.1 Å². The smallest absolute Gasteiger partial charge is 0.339 e. The molecule has 0 aliphatic carbocycles. The summed E-state index contributed by atoms with van der Waals surface area (Å²) < 4.78 is 6.53. The molecule has 1 heterocycles. The molecule has 190 valence electrons. The third-order valence-corrected chi connectivity index (χ3v) is 6.60. The monoisotopic (exact) mass is 529 g/mol. The van der Waals surface area contributed by atoms with Crippen molar-refractivity contribution in [3.63, 3.8) is 0 Å². The first-order valence-corrected chi connectivity index (χ1v) is 12.6. The molecule has 36 heavy (non-hydrogen) atoms. The number of rotatable bonds is 10. The maximum atomic E-state index is 12.9. The minimum Gasteiger partial charge on any atom is -0.465 e. The van der Waals surface area contributed by atoms with Gasteiger partial charge in [0.15, 0.2) is 11.0 Å². The molecule has 3 aromatic rings. The molecule has 11 heteroatoms. The van der Waals surface area contributed by atoms with Gasteiger partial charge in [-0.3, -0.25) is 9.59 Å². The zero-order chi connectivity index (χ0) is 26.2. The molecule has 0 saturated carbocycles. The molecule has 0 aliphatic heterocycles. The van der Waals surface area contributed by atoms with Crippen LogP contribution in [-0.4, -0.2) is 45.4 Å². The molecule has 0 saturated heterocycles. The van der Waals surface area contributed by atoms with Crippen LogP contribution in [0.2, 0.25) is 5.02 Å². The van der Waals surface area contributed by atoms with Gasteiger partial charge in [0, 0.05) is 7.05 Å². The summed E-state index contributed by atoms with van der Waals surface area (Å²) in [6.07, 6.45) is 0.637. The number of hydrogen-bond acceptors (Lipinski definition) is 7. The maximum Gasteiger partial charge on any atom is 0.339 e. The third-order valence-electron chi connectivity index (χ3n) is 5.25. The van der Waals surface area contributed by atoms with E-state index in [1.165, 1.54) is 18.9 Å². The minimum atomic E-state index is -0.536. The number of nitrogens with one attached hydrogen (secondary N) is 2. The Morgan fingerprint density at radius 1 is 1.06 bits per heavy atom. The van der Waals surface area contributed by atoms with Crippen LogP contribution < -0.4 is 10.6 Å². The van der Waals surface area contributed by atoms with Gasteiger partial charge in [0.1, 0.15) is 0 Å². The van der Waals surface area contributed by atoms with Crippen molar-refractivity contribution in [1.29, 1.82) is 0 Å². The van der Waals surface area contributed by atoms with Crippen molar-refractivity contribution in [2.45, 2.75) is 31.5 Å². The molecule has 3 rings (SSSR count). The molecule has 0 bridgehead atoms. The Balaban J connectivity index is 1.70. The average Bonchev–Trinajstić information content (AvgIpc) is 3.22. The van der Waals surface area contributed by atoms with E-state index in [0.29, 0.717) is 33.7 Å². The van der Waals surface area contributed by atoms with Crippen molar-refractivity contribution in [3.05, 3.63) is 70.5 Å². The number of benzene rings is 2. The zero-order valence-corrected chi connectivity index (χ0v) is 22.0. The molecule has 9 nitrogen and oxygen atoms in total. The molecule has 0 radical (unpaired) electrons. The van der Waals surface area contributed by atoms with Crippen LogP contribution in [-0.2, 0) is 16.6 Å². The number of carbonyl (C=O) groups is 3. The average molecular weight is 530 g/mol. The van der Waals surface area contributed by atoms with Crippen LogP contribution in [0.5, 0.6) is 0 Å². The van der Waals surface area contributed by atoms with Gasteiger partial charge in [-0.05, 0) is 36.6 Å². The van der Waals surface area contributed by atoms with Gasteiger partial charge < -0.3 is 19.9 Å². The molecule has 1 atom stereocenters. The van der Waals surface area contributed by atoms with Crippen molar-refractivity contribution in [2.24, 2.45) is 13.0 Å². The molecule has 2 amide bonds. The summed E-state index contributed by atoms with van der Waals surface area (Å²) in [6.45, 7) is 4.11. The SMILES string of the molecule is COC(=O)c1ccccc1NC(=O)CSc1nnc([C@@H](CC(C)C)NC(=O)c2ccccc2Cl)n1C. The van der Waals surface area contributed by atoms with E-state index in [9.17, 15) is 14.4 Å². The third kappa shape index (κ3) is 6.86. The predicted octanol–water partition coefficient (Wildman–Crippen LogP) is 4.50. The van der Waals surface area contributed by atoms with E-state index < -0.39 is 12.0 Å². The van der Waals surface area contributed by atoms with Gasteiger partial charge in [-0.2, -0.15) is 0 Å². The number of aromatic nitrogens is 3. The number of methoxy groups -OCH3 is 1. The molecular formula is C25H28ClN5O4S. The van der Waals surface area contributed by atoms with Gasteiger partial charge in [0.2, 0.25) is 5.91 Å². The Labute approximate surface area is 219 Å². The Kier molecular flexibility index (Phi) is 9.49. The summed E-state index contributed by atoms with van der Waals surface area (Å²) in [7, 11) is 3.07. The fourth-order valence-electron chi connectivity index (χ4n) is 3.53. The molecule has 0 unspecified atom stereocenters. The van der Waals surface area contributed by atoms with Gasteiger partial charge in [0.05, 0.1) is 40.7 Å². The predicted molar refractivity (Wildman–Crippen MR) is 139 cm³/mol. The number of nitrogens with zero attached hydrogens (tertiary/aromatic N) is 3. The Morgan fingerprint density at radius 3 is 2.39 bits per heavy atom. The highest BCUT2D eigenvalue weighted by Crippen LogP contribution is 2.25. The highest BCUT2D eigenvalue weighted by atomic mass is 35.5. The number of esters is 1. The standard InChI is InChI=1S/C25H28ClN5O4S/c1-15(2)13-20(28-23(33)16-9-5-7-11-18(16)26)22-29-30-25(31(22)3)36-14-21(32)27-19-12-8-6-10-17(19)24(34)35-4/h5-12,15,20H,13-14H2,1-4H3,(H,27,32)(H,28,33)/t20-/m1/s1. The molecule has 2 aromatic carbocycles. The van der Waals surface area contributed by atoms with E-state index in [4.69, 9.17) is 16.3 Å². The second kappa shape index (κ2) is 12.5. The van der Waals surface area contributed by atoms with Gasteiger partial charge in [-0.1, -0.05) is 61.5 Å². The number of hydrogen-bond donors (Lipinski definition) is 2. The normalized spacial score (nSPS) is 11.7. The number of halogens is 1. The van der Waals surface area contributed by atoms with Crippen LogP contribution in [0.25, 0.3) is 0 Å². The van der Waals surface area contributed by atoms with Crippen molar-refractivity contribution >= 4 is 46.8 Å². The fraction of sp³-hybridized carbons (Fsp3) is 0.320. The molecular weight excluding hydrogens is 502 g/mol. The minimum absolute atomic E-state index is 0.0440. The van der Waals surface area contributed by atoms with Crippen LogP contribution >= 0.6 is 23.4 Å². The summed E-state index contributed by atoms with van der Waals surface area (Å²) >= 11 is 7.39. The molecule has 2 N–H and O–H groups in total. The lowest BCUT2D eigenvalue weighted by Crippen LogP contribution is -2.31. The van der Waals surface area contributed by atoms with Crippen molar-refractivity contribution in [3.8, 4) is 0 Å². The quantitative estimate of drug-likeness (QED) is 0.293. The lowest BCUT2D eigenvalue weighted by Gasteiger charge is -2.20. The van der Waals surface area contributed by atoms with Crippen LogP contribution in [0.1, 0.15) is 52.9 Å². The second-order valence-corrected chi connectivity index (χ2v) is 9.76. The van der Waals surface area contributed by atoms with Crippen LogP contribution in [0, 0.1) is 5.92 Å². The van der Waals surface area contributed by atoms with E-state index in [-0.39, 0.29) is 29.0 Å². The van der Waals surface area contributed by atoms with Crippen molar-refractivity contribution in [2.75, 3.05) is 18.2 Å². The molecule has 1 aromatic heterocycles. The van der Waals surface area contributed by atoms with Crippen LogP contribution in [0.4, 0.5) is 5.69 Å². The summed E-state index contributed by atoms with van der Waals surface area (Å²) in [6, 6.07) is 13.1. The van der Waals surface area contributed by atoms with Gasteiger partial charge in [-0.25, -0.2) is 4.79 Å². The Morgan fingerprint density at radius 2 is 1.72 bits per heavy atom. The molecule has 0 spiro atoms. The van der Waals surface area contributed by atoms with E-state index in [0.717, 1.165) is 0 Å². The zero-order valence-electron chi connectivity index (χ0n) is 20.4. The maximum absolute atomic E-state index is 12.9. The lowest BCUT2D eigenvalue weighted by atomic mass is 10.0. The number of carbonyl (C=O) groups excluding carboxylic acids is 3. The summed E-state index contributed by atoms with van der Waals surface area (Å²) in [5, 5.41) is 15.2. The number of anilines is 1. The van der Waals surface area contributed by atoms with E-state index in [1.54, 1.807) is 60.1 Å². The fourth-order valence-corrected chi connectivity index (χ4v) is 4.47. The lowest BCUT2D eigenvalue weighted by molar-refractivity contribution is -0.113. The molecule has 0 aliphatic rings. The first-order chi connectivity index (χ1) is 17.2. The van der Waals surface area contributed by atoms with E-state index in [2.05, 4.69) is 34.7 Å². The van der Waals surface area contributed by atoms with Gasteiger partial charge in [-0.15, -0.1) is 10.2 Å². The largest absolute Gasteiger partial charge is 0.465 e. The Bertz CT molecular complexity index is 1250. The van der Waals surface area contributed by atoms with Crippen molar-refractivity contribution < 1.29 is 19.1 Å². The van der Waals surface area contributed by atoms with E-state index >= 15 is 0 Å². The summed E-state index contributed by atoms with van der Waals surface area (Å²) in [5.41, 5.74) is 1.02. The first kappa shape index (κ1) is 27.2. The topological polar surface area (TPSA) is 115 Å². The summed E-state index contributed by atoms with van der Waals surface area (Å²) in [4.78, 5) is 37.4. The Hall–Kier alpha value is -3.37.